The first-order valence-electron chi connectivity index (χ1n) is 8.02. The molecule has 1 atom stereocenters. The number of fused-ring (bicyclic) bond motifs is 2. The molecule has 5 heteroatoms. The number of aromatic nitrogens is 4. The highest BCUT2D eigenvalue weighted by Gasteiger charge is 2.21. The molecule has 116 valence electrons. The number of hydrogen-bond acceptors (Lipinski definition) is 4. The summed E-state index contributed by atoms with van der Waals surface area (Å²) in [5, 5.41) is 9.87. The van der Waals surface area contributed by atoms with Gasteiger partial charge in [-0.2, -0.15) is 0 Å². The predicted molar refractivity (Wildman–Crippen MR) is 94.8 cm³/mol. The number of para-hydroxylation sites is 2. The highest BCUT2D eigenvalue weighted by atomic mass is 32.1. The zero-order valence-electron chi connectivity index (χ0n) is 13.0. The third kappa shape index (κ3) is 2.61. The fraction of sp³-hybridized carbons (Fsp3) is 0.278. The summed E-state index contributed by atoms with van der Waals surface area (Å²) in [5.41, 5.74) is 3.08. The highest BCUT2D eigenvalue weighted by Crippen LogP contribution is 2.32. The molecule has 0 aliphatic rings. The molecule has 0 aliphatic heterocycles. The van der Waals surface area contributed by atoms with Crippen LogP contribution in [0.2, 0.25) is 0 Å². The topological polar surface area (TPSA) is 43.6 Å². The highest BCUT2D eigenvalue weighted by molar-refractivity contribution is 7.18. The molecule has 2 aromatic carbocycles. The minimum Gasteiger partial charge on any atom is -0.239 e. The van der Waals surface area contributed by atoms with E-state index < -0.39 is 0 Å². The van der Waals surface area contributed by atoms with Crippen LogP contribution in [0.1, 0.15) is 37.2 Å². The lowest BCUT2D eigenvalue weighted by molar-refractivity contribution is 0.471. The molecule has 0 aliphatic carbocycles. The Hall–Kier alpha value is -2.27. The van der Waals surface area contributed by atoms with Gasteiger partial charge in [0, 0.05) is 0 Å². The van der Waals surface area contributed by atoms with Gasteiger partial charge in [-0.15, -0.1) is 16.4 Å². The molecular weight excluding hydrogens is 304 g/mol. The van der Waals surface area contributed by atoms with Crippen LogP contribution >= 0.6 is 11.3 Å². The van der Waals surface area contributed by atoms with Gasteiger partial charge in [0.05, 0.1) is 15.7 Å². The first-order valence-corrected chi connectivity index (χ1v) is 8.84. The molecule has 0 spiro atoms. The molecule has 4 nitrogen and oxygen atoms in total. The molecule has 0 radical (unpaired) electrons. The summed E-state index contributed by atoms with van der Waals surface area (Å²) in [6.07, 6.45) is 3.34. The minimum atomic E-state index is 0.153. The number of thiazole rings is 1. The Morgan fingerprint density at radius 3 is 2.65 bits per heavy atom. The van der Waals surface area contributed by atoms with Crippen molar-refractivity contribution in [2.24, 2.45) is 0 Å². The second-order valence-corrected chi connectivity index (χ2v) is 6.76. The summed E-state index contributed by atoms with van der Waals surface area (Å²) in [5.74, 6) is 0. The van der Waals surface area contributed by atoms with E-state index in [1.165, 1.54) is 4.70 Å². The summed E-state index contributed by atoms with van der Waals surface area (Å²) in [4.78, 5) is 4.86. The lowest BCUT2D eigenvalue weighted by Gasteiger charge is -2.15. The van der Waals surface area contributed by atoms with Gasteiger partial charge in [0.25, 0.3) is 0 Å². The van der Waals surface area contributed by atoms with E-state index >= 15 is 0 Å². The van der Waals surface area contributed by atoms with Gasteiger partial charge < -0.3 is 0 Å². The lowest BCUT2D eigenvalue weighted by Crippen LogP contribution is -2.12. The third-order valence-corrected chi connectivity index (χ3v) is 5.24. The van der Waals surface area contributed by atoms with Gasteiger partial charge in [-0.3, -0.25) is 0 Å². The third-order valence-electron chi connectivity index (χ3n) is 4.10. The van der Waals surface area contributed by atoms with Gasteiger partial charge in [-0.1, -0.05) is 49.2 Å². The van der Waals surface area contributed by atoms with E-state index in [0.717, 1.165) is 40.8 Å². The normalized spacial score (nSPS) is 12.9. The maximum Gasteiger partial charge on any atom is 0.119 e. The lowest BCUT2D eigenvalue weighted by atomic mass is 10.1. The van der Waals surface area contributed by atoms with Crippen LogP contribution in [0.15, 0.2) is 48.5 Å². The average molecular weight is 322 g/mol. The predicted octanol–water partition coefficient (Wildman–Crippen LogP) is 4.82. The standard InChI is InChI=1S/C18H18N4S/c1-2-3-10-16(18-19-14-9-5-7-12-17(14)23-18)22-15-11-6-4-8-13(15)20-21-22/h4-9,11-12,16H,2-3,10H2,1H3. The van der Waals surface area contributed by atoms with Gasteiger partial charge in [-0.05, 0) is 30.7 Å². The Morgan fingerprint density at radius 1 is 1.04 bits per heavy atom. The van der Waals surface area contributed by atoms with Crippen molar-refractivity contribution in [1.82, 2.24) is 20.0 Å². The van der Waals surface area contributed by atoms with Crippen LogP contribution in [0.5, 0.6) is 0 Å². The van der Waals surface area contributed by atoms with Crippen molar-refractivity contribution in [3.8, 4) is 0 Å². The Bertz CT molecular complexity index is 907. The second-order valence-electron chi connectivity index (χ2n) is 5.70. The first-order chi connectivity index (χ1) is 11.4. The maximum atomic E-state index is 4.86. The Morgan fingerprint density at radius 2 is 1.83 bits per heavy atom. The van der Waals surface area contributed by atoms with Crippen molar-refractivity contribution >= 4 is 32.6 Å². The van der Waals surface area contributed by atoms with Gasteiger partial charge >= 0.3 is 0 Å². The molecule has 4 aromatic rings. The van der Waals surface area contributed by atoms with Crippen LogP contribution in [-0.2, 0) is 0 Å². The number of nitrogens with zero attached hydrogens (tertiary/aromatic N) is 4. The van der Waals surface area contributed by atoms with Crippen LogP contribution in [-0.4, -0.2) is 20.0 Å². The fourth-order valence-corrected chi connectivity index (χ4v) is 3.99. The van der Waals surface area contributed by atoms with Crippen LogP contribution in [0, 0.1) is 0 Å². The largest absolute Gasteiger partial charge is 0.239 e. The van der Waals surface area contributed by atoms with Gasteiger partial charge in [0.2, 0.25) is 0 Å². The molecule has 23 heavy (non-hydrogen) atoms. The maximum absolute atomic E-state index is 4.86. The molecule has 0 saturated carbocycles. The van der Waals surface area contributed by atoms with Crippen molar-refractivity contribution in [1.29, 1.82) is 0 Å². The van der Waals surface area contributed by atoms with E-state index in [1.54, 1.807) is 11.3 Å². The van der Waals surface area contributed by atoms with Crippen LogP contribution in [0.25, 0.3) is 21.3 Å². The Balaban J connectivity index is 1.83. The van der Waals surface area contributed by atoms with Crippen LogP contribution in [0.3, 0.4) is 0 Å². The van der Waals surface area contributed by atoms with E-state index in [-0.39, 0.29) is 6.04 Å². The smallest absolute Gasteiger partial charge is 0.119 e. The van der Waals surface area contributed by atoms with Crippen molar-refractivity contribution in [3.05, 3.63) is 53.5 Å². The zero-order chi connectivity index (χ0) is 15.6. The molecule has 0 bridgehead atoms. The summed E-state index contributed by atoms with van der Waals surface area (Å²) in [6, 6.07) is 16.6. The molecule has 0 amide bonds. The molecule has 4 rings (SSSR count). The molecule has 0 fully saturated rings. The number of unbranched alkanes of at least 4 members (excludes halogenated alkanes) is 1. The number of rotatable bonds is 5. The molecule has 0 saturated heterocycles. The summed E-state index contributed by atoms with van der Waals surface area (Å²) >= 11 is 1.76. The van der Waals surface area contributed by atoms with Crippen molar-refractivity contribution in [2.75, 3.05) is 0 Å². The van der Waals surface area contributed by atoms with E-state index in [2.05, 4.69) is 41.5 Å². The molecule has 0 N–H and O–H groups in total. The van der Waals surface area contributed by atoms with E-state index in [4.69, 9.17) is 4.98 Å². The SMILES string of the molecule is CCCCC(c1nc2ccccc2s1)n1nnc2ccccc21. The van der Waals surface area contributed by atoms with Crippen LogP contribution < -0.4 is 0 Å². The summed E-state index contributed by atoms with van der Waals surface area (Å²) in [6.45, 7) is 2.22. The fourth-order valence-electron chi connectivity index (χ4n) is 2.90. The van der Waals surface area contributed by atoms with Crippen LogP contribution in [0.4, 0.5) is 0 Å². The molecule has 2 aromatic heterocycles. The Kier molecular flexibility index (Phi) is 3.79. The molecule has 2 heterocycles. The van der Waals surface area contributed by atoms with Gasteiger partial charge in [0.15, 0.2) is 0 Å². The summed E-state index contributed by atoms with van der Waals surface area (Å²) in [7, 11) is 0. The minimum absolute atomic E-state index is 0.153. The van der Waals surface area contributed by atoms with E-state index in [1.807, 2.05) is 28.9 Å². The van der Waals surface area contributed by atoms with E-state index in [9.17, 15) is 0 Å². The van der Waals surface area contributed by atoms with Crippen molar-refractivity contribution in [2.45, 2.75) is 32.2 Å². The second kappa shape index (κ2) is 6.08. The van der Waals surface area contributed by atoms with Crippen molar-refractivity contribution < 1.29 is 0 Å². The zero-order valence-corrected chi connectivity index (χ0v) is 13.8. The molecule has 1 unspecified atom stereocenters. The van der Waals surface area contributed by atoms with E-state index in [0.29, 0.717) is 0 Å². The Labute approximate surface area is 138 Å². The van der Waals surface area contributed by atoms with Crippen molar-refractivity contribution in [3.63, 3.8) is 0 Å². The quantitative estimate of drug-likeness (QED) is 0.529. The van der Waals surface area contributed by atoms with Gasteiger partial charge in [-0.25, -0.2) is 9.67 Å². The first kappa shape index (κ1) is 14.3. The molecular formula is C18H18N4S. The van der Waals surface area contributed by atoms with Gasteiger partial charge in [0.1, 0.15) is 16.6 Å². The number of benzene rings is 2. The number of hydrogen-bond donors (Lipinski definition) is 0. The average Bonchev–Trinajstić information content (AvgIpc) is 3.20. The summed E-state index contributed by atoms with van der Waals surface area (Å²) < 4.78 is 3.27. The monoisotopic (exact) mass is 322 g/mol.